The van der Waals surface area contributed by atoms with E-state index < -0.39 is 25.7 Å². The zero-order valence-electron chi connectivity index (χ0n) is 31.5. The number of ether oxygens (including phenoxy) is 4. The molecule has 0 spiro atoms. The van der Waals surface area contributed by atoms with Crippen LogP contribution in [0.3, 0.4) is 0 Å². The van der Waals surface area contributed by atoms with Crippen LogP contribution in [-0.2, 0) is 20.9 Å². The van der Waals surface area contributed by atoms with Crippen molar-refractivity contribution in [3.63, 3.8) is 0 Å². The summed E-state index contributed by atoms with van der Waals surface area (Å²) in [5.41, 5.74) is 4.71. The van der Waals surface area contributed by atoms with Gasteiger partial charge in [0.15, 0.2) is 5.82 Å². The normalized spacial score (nSPS) is 15.2. The number of imidazole rings is 1. The van der Waals surface area contributed by atoms with E-state index in [1.807, 2.05) is 12.1 Å². The molecule has 1 aromatic heterocycles. The molecule has 0 radical (unpaired) electrons. The maximum Gasteiger partial charge on any atom is 0.338 e. The predicted octanol–water partition coefficient (Wildman–Crippen LogP) is 9.67. The van der Waals surface area contributed by atoms with Gasteiger partial charge in [-0.3, -0.25) is 4.57 Å². The number of methoxy groups -OCH3 is 2. The highest BCUT2D eigenvalue weighted by Gasteiger charge is 2.25. The molecule has 1 fully saturated rings. The molecule has 1 aliphatic heterocycles. The monoisotopic (exact) mass is 741 g/mol. The lowest BCUT2D eigenvalue weighted by atomic mass is 9.89. The van der Waals surface area contributed by atoms with Crippen LogP contribution in [0.4, 0.5) is 8.78 Å². The number of aromatic nitrogens is 2. The Labute approximate surface area is 311 Å². The number of halogens is 2. The molecule has 5 aromatic rings. The first-order valence-corrected chi connectivity index (χ1v) is 21.9. The van der Waals surface area contributed by atoms with E-state index in [9.17, 15) is 4.79 Å². The fraction of sp³-hybridized carbons (Fsp3) is 0.381. The summed E-state index contributed by atoms with van der Waals surface area (Å²) in [6.07, 6.45) is 2.33. The van der Waals surface area contributed by atoms with Gasteiger partial charge < -0.3 is 23.8 Å². The number of benzene rings is 4. The van der Waals surface area contributed by atoms with Crippen LogP contribution < -0.4 is 4.74 Å². The lowest BCUT2D eigenvalue weighted by Gasteiger charge is -2.32. The highest BCUT2D eigenvalue weighted by Crippen LogP contribution is 2.37. The summed E-state index contributed by atoms with van der Waals surface area (Å²) in [7, 11) is 1.66. The standard InChI is InChI=1S/C42H49F2N3O5Si/c1-28-9-18-34(24-35(28)41(48)50-3)52-42-45-40-37(47(42)27-51-22-23-53(4,5)6)25-36(43)38(39(40)44)32-16-14-30(15-17-32)29-10-12-31(13-11-29)33-8-7-19-46(26-33)20-21-49-2/h9-18,24-25,33H,7-8,19-23,26-27H2,1-6H3. The number of nitrogens with zero attached hydrogens (tertiary/aromatic N) is 3. The Balaban J connectivity index is 1.27. The molecule has 1 aliphatic rings. The van der Waals surface area contributed by atoms with Crippen LogP contribution in [0, 0.1) is 18.6 Å². The van der Waals surface area contributed by atoms with Gasteiger partial charge in [0.25, 0.3) is 0 Å². The van der Waals surface area contributed by atoms with Crippen LogP contribution in [0.2, 0.25) is 25.7 Å². The first-order chi connectivity index (χ1) is 25.5. The van der Waals surface area contributed by atoms with Crippen molar-refractivity contribution >= 4 is 25.1 Å². The van der Waals surface area contributed by atoms with E-state index in [4.69, 9.17) is 18.9 Å². The minimum absolute atomic E-state index is 0.0119. The first-order valence-electron chi connectivity index (χ1n) is 18.2. The van der Waals surface area contributed by atoms with Gasteiger partial charge in [0, 0.05) is 40.9 Å². The number of piperidine rings is 1. The third-order valence-corrected chi connectivity index (χ3v) is 11.7. The Bertz CT molecular complexity index is 2040. The molecule has 0 aliphatic carbocycles. The summed E-state index contributed by atoms with van der Waals surface area (Å²) in [5, 5.41) is 0. The van der Waals surface area contributed by atoms with E-state index >= 15 is 8.78 Å². The van der Waals surface area contributed by atoms with Crippen molar-refractivity contribution in [1.82, 2.24) is 14.5 Å². The van der Waals surface area contributed by atoms with Gasteiger partial charge >= 0.3 is 12.0 Å². The smallest absolute Gasteiger partial charge is 0.338 e. The molecule has 1 atom stereocenters. The summed E-state index contributed by atoms with van der Waals surface area (Å²) in [4.78, 5) is 19.3. The summed E-state index contributed by atoms with van der Waals surface area (Å²) in [6.45, 7) is 12.8. The maximum absolute atomic E-state index is 16.4. The molecule has 11 heteroatoms. The van der Waals surface area contributed by atoms with Gasteiger partial charge in [-0.15, -0.1) is 0 Å². The number of hydrogen-bond acceptors (Lipinski definition) is 7. The van der Waals surface area contributed by atoms with E-state index in [0.29, 0.717) is 35.0 Å². The van der Waals surface area contributed by atoms with Gasteiger partial charge in [-0.05, 0) is 78.2 Å². The molecule has 4 aromatic carbocycles. The SMILES string of the molecule is COCCN1CCCC(c2ccc(-c3ccc(-c4c(F)cc5c(nc(Oc6ccc(C)c(C(=O)OC)c6)n5COCC[Si](C)(C)C)c4F)cc3)cc2)C1. The number of carbonyl (C=O) groups is 1. The Morgan fingerprint density at radius 1 is 0.925 bits per heavy atom. The van der Waals surface area contributed by atoms with E-state index in [1.54, 1.807) is 44.4 Å². The molecule has 53 heavy (non-hydrogen) atoms. The largest absolute Gasteiger partial charge is 0.465 e. The lowest BCUT2D eigenvalue weighted by Crippen LogP contribution is -2.36. The van der Waals surface area contributed by atoms with Gasteiger partial charge in [0.1, 0.15) is 23.8 Å². The molecule has 0 saturated carbocycles. The number of aryl methyl sites for hydroxylation is 1. The van der Waals surface area contributed by atoms with Gasteiger partial charge in [-0.2, -0.15) is 4.98 Å². The van der Waals surface area contributed by atoms with Crippen LogP contribution in [-0.4, -0.2) is 75.6 Å². The van der Waals surface area contributed by atoms with Crippen LogP contribution in [0.25, 0.3) is 33.3 Å². The third kappa shape index (κ3) is 9.04. The lowest BCUT2D eigenvalue weighted by molar-refractivity contribution is 0.0599. The van der Waals surface area contributed by atoms with Crippen LogP contribution in [0.5, 0.6) is 11.8 Å². The number of esters is 1. The van der Waals surface area contributed by atoms with Gasteiger partial charge in [0.2, 0.25) is 0 Å². The highest BCUT2D eigenvalue weighted by molar-refractivity contribution is 6.76. The fourth-order valence-electron chi connectivity index (χ4n) is 6.80. The molecule has 1 saturated heterocycles. The van der Waals surface area contributed by atoms with Crippen molar-refractivity contribution in [2.75, 3.05) is 47.1 Å². The minimum atomic E-state index is -1.39. The molecule has 0 bridgehead atoms. The van der Waals surface area contributed by atoms with Crippen LogP contribution in [0.15, 0.2) is 72.8 Å². The average Bonchev–Trinajstić information content (AvgIpc) is 3.49. The number of carbonyl (C=O) groups excluding carboxylic acids is 1. The van der Waals surface area contributed by atoms with Crippen molar-refractivity contribution in [2.45, 2.75) is 58.1 Å². The number of hydrogen-bond donors (Lipinski definition) is 0. The van der Waals surface area contributed by atoms with Crippen molar-refractivity contribution < 1.29 is 32.5 Å². The van der Waals surface area contributed by atoms with E-state index in [1.165, 1.54) is 36.1 Å². The molecule has 6 rings (SSSR count). The van der Waals surface area contributed by atoms with Crippen LogP contribution >= 0.6 is 0 Å². The molecular weight excluding hydrogens is 693 g/mol. The van der Waals surface area contributed by atoms with Gasteiger partial charge in [0.05, 0.1) is 30.4 Å². The van der Waals surface area contributed by atoms with Crippen molar-refractivity contribution in [1.29, 1.82) is 0 Å². The van der Waals surface area contributed by atoms with E-state index in [0.717, 1.165) is 43.4 Å². The Hall–Kier alpha value is -4.42. The zero-order valence-corrected chi connectivity index (χ0v) is 32.5. The summed E-state index contributed by atoms with van der Waals surface area (Å²) < 4.78 is 56.2. The summed E-state index contributed by atoms with van der Waals surface area (Å²) in [6, 6.07) is 23.0. The Morgan fingerprint density at radius 2 is 1.62 bits per heavy atom. The second-order valence-corrected chi connectivity index (χ2v) is 20.6. The molecule has 2 heterocycles. The fourth-order valence-corrected chi connectivity index (χ4v) is 7.55. The quantitative estimate of drug-likeness (QED) is 0.0638. The molecule has 8 nitrogen and oxygen atoms in total. The van der Waals surface area contributed by atoms with E-state index in [-0.39, 0.29) is 29.3 Å². The van der Waals surface area contributed by atoms with E-state index in [2.05, 4.69) is 53.8 Å². The zero-order chi connectivity index (χ0) is 37.7. The molecule has 0 N–H and O–H groups in total. The maximum atomic E-state index is 16.4. The minimum Gasteiger partial charge on any atom is -0.465 e. The molecule has 1 unspecified atom stereocenters. The summed E-state index contributed by atoms with van der Waals surface area (Å²) >= 11 is 0. The molecular formula is C42H49F2N3O5Si. The van der Waals surface area contributed by atoms with Crippen molar-refractivity contribution in [3.8, 4) is 34.0 Å². The highest BCUT2D eigenvalue weighted by atomic mass is 28.3. The van der Waals surface area contributed by atoms with Crippen molar-refractivity contribution in [2.24, 2.45) is 0 Å². The van der Waals surface area contributed by atoms with Crippen molar-refractivity contribution in [3.05, 3.63) is 101 Å². The second-order valence-electron chi connectivity index (χ2n) is 15.0. The second kappa shape index (κ2) is 16.7. The Morgan fingerprint density at radius 3 is 2.30 bits per heavy atom. The Kier molecular flexibility index (Phi) is 12.1. The third-order valence-electron chi connectivity index (χ3n) is 9.95. The molecule has 0 amide bonds. The number of fused-ring (bicyclic) bond motifs is 1. The number of likely N-dealkylation sites (tertiary alicyclic amines) is 1. The van der Waals surface area contributed by atoms with Gasteiger partial charge in [-0.25, -0.2) is 13.6 Å². The molecule has 280 valence electrons. The topological polar surface area (TPSA) is 75.0 Å². The number of rotatable bonds is 14. The summed E-state index contributed by atoms with van der Waals surface area (Å²) in [5.74, 6) is -1.26. The van der Waals surface area contributed by atoms with Crippen LogP contribution in [0.1, 0.15) is 40.2 Å². The van der Waals surface area contributed by atoms with Gasteiger partial charge in [-0.1, -0.05) is 74.2 Å². The predicted molar refractivity (Wildman–Crippen MR) is 208 cm³/mol. The first kappa shape index (κ1) is 38.3. The average molecular weight is 742 g/mol.